The SMILES string of the molecule is CCC1(CC)CC(NC(=O)c2cc(O)ccc2N)CCO1. The van der Waals surface area contributed by atoms with Crippen LogP contribution in [0.5, 0.6) is 5.75 Å². The van der Waals surface area contributed by atoms with E-state index >= 15 is 0 Å². The normalized spacial score (nSPS) is 21.0. The Balaban J connectivity index is 2.07. The van der Waals surface area contributed by atoms with Crippen LogP contribution in [0.1, 0.15) is 49.9 Å². The van der Waals surface area contributed by atoms with Crippen molar-refractivity contribution in [1.29, 1.82) is 0 Å². The van der Waals surface area contributed by atoms with Gasteiger partial charge in [-0.2, -0.15) is 0 Å². The minimum Gasteiger partial charge on any atom is -0.508 e. The summed E-state index contributed by atoms with van der Waals surface area (Å²) in [7, 11) is 0. The first-order chi connectivity index (χ1) is 9.99. The highest BCUT2D eigenvalue weighted by Crippen LogP contribution is 2.31. The van der Waals surface area contributed by atoms with Gasteiger partial charge in [0.2, 0.25) is 0 Å². The predicted octanol–water partition coefficient (Wildman–Crippen LogP) is 2.44. The van der Waals surface area contributed by atoms with Crippen LogP contribution in [0.4, 0.5) is 5.69 Å². The molecule has 1 saturated heterocycles. The summed E-state index contributed by atoms with van der Waals surface area (Å²) in [6, 6.07) is 4.49. The van der Waals surface area contributed by atoms with E-state index in [0.717, 1.165) is 25.7 Å². The minimum atomic E-state index is -0.239. The third-order valence-corrected chi connectivity index (χ3v) is 4.40. The summed E-state index contributed by atoms with van der Waals surface area (Å²) in [5.41, 5.74) is 6.36. The molecule has 0 aliphatic carbocycles. The van der Waals surface area contributed by atoms with Crippen LogP contribution >= 0.6 is 0 Å². The Morgan fingerprint density at radius 1 is 1.48 bits per heavy atom. The zero-order chi connectivity index (χ0) is 15.5. The highest BCUT2D eigenvalue weighted by molar-refractivity contribution is 5.99. The largest absolute Gasteiger partial charge is 0.508 e. The number of nitrogens with two attached hydrogens (primary N) is 1. The van der Waals surface area contributed by atoms with E-state index in [1.165, 1.54) is 18.2 Å². The lowest BCUT2D eigenvalue weighted by Crippen LogP contribution is -2.48. The van der Waals surface area contributed by atoms with Gasteiger partial charge < -0.3 is 20.9 Å². The van der Waals surface area contributed by atoms with Gasteiger partial charge in [-0.1, -0.05) is 13.8 Å². The van der Waals surface area contributed by atoms with E-state index < -0.39 is 0 Å². The number of ether oxygens (including phenoxy) is 1. The highest BCUT2D eigenvalue weighted by atomic mass is 16.5. The molecule has 4 N–H and O–H groups in total. The summed E-state index contributed by atoms with van der Waals surface area (Å²) in [5, 5.41) is 12.5. The molecule has 1 aromatic carbocycles. The lowest BCUT2D eigenvalue weighted by molar-refractivity contribution is -0.0917. The monoisotopic (exact) mass is 292 g/mol. The molecule has 0 saturated carbocycles. The molecule has 1 aromatic rings. The van der Waals surface area contributed by atoms with Crippen LogP contribution in [0.25, 0.3) is 0 Å². The molecule has 1 amide bonds. The number of phenols is 1. The molecule has 1 aliphatic rings. The van der Waals surface area contributed by atoms with Crippen LogP contribution in [0, 0.1) is 0 Å². The van der Waals surface area contributed by atoms with Gasteiger partial charge in [-0.15, -0.1) is 0 Å². The summed E-state index contributed by atoms with van der Waals surface area (Å²) in [4.78, 5) is 12.3. The Hall–Kier alpha value is -1.75. The quantitative estimate of drug-likeness (QED) is 0.588. The summed E-state index contributed by atoms with van der Waals surface area (Å²) >= 11 is 0. The van der Waals surface area contributed by atoms with Crippen molar-refractivity contribution in [2.45, 2.75) is 51.2 Å². The Bertz CT molecular complexity index is 512. The van der Waals surface area contributed by atoms with Crippen LogP contribution in [0.3, 0.4) is 0 Å². The molecule has 1 unspecified atom stereocenters. The fourth-order valence-electron chi connectivity index (χ4n) is 2.90. The first-order valence-electron chi connectivity index (χ1n) is 7.53. The molecule has 1 fully saturated rings. The lowest BCUT2D eigenvalue weighted by Gasteiger charge is -2.40. The molecule has 2 rings (SSSR count). The van der Waals surface area contributed by atoms with Gasteiger partial charge in [0.05, 0.1) is 11.2 Å². The van der Waals surface area contributed by atoms with Gasteiger partial charge in [0.25, 0.3) is 5.91 Å². The number of nitrogens with one attached hydrogen (secondary N) is 1. The second-order valence-electron chi connectivity index (χ2n) is 5.67. The Morgan fingerprint density at radius 2 is 2.19 bits per heavy atom. The molecule has 1 heterocycles. The molecule has 0 aromatic heterocycles. The van der Waals surface area contributed by atoms with Crippen molar-refractivity contribution in [3.05, 3.63) is 23.8 Å². The summed E-state index contributed by atoms with van der Waals surface area (Å²) < 4.78 is 5.91. The number of rotatable bonds is 4. The van der Waals surface area contributed by atoms with Gasteiger partial charge in [0, 0.05) is 18.3 Å². The van der Waals surface area contributed by atoms with E-state index in [4.69, 9.17) is 10.5 Å². The molecule has 0 bridgehead atoms. The Morgan fingerprint density at radius 3 is 2.86 bits per heavy atom. The number of aromatic hydroxyl groups is 1. The number of hydrogen-bond donors (Lipinski definition) is 3. The van der Waals surface area contributed by atoms with E-state index in [1.807, 2.05) is 0 Å². The zero-order valence-corrected chi connectivity index (χ0v) is 12.7. The third kappa shape index (κ3) is 3.47. The second kappa shape index (κ2) is 6.35. The number of benzene rings is 1. The molecule has 0 spiro atoms. The van der Waals surface area contributed by atoms with Crippen LogP contribution in [-0.4, -0.2) is 29.3 Å². The molecular weight excluding hydrogens is 268 g/mol. The molecule has 5 nitrogen and oxygen atoms in total. The first-order valence-corrected chi connectivity index (χ1v) is 7.53. The maximum Gasteiger partial charge on any atom is 0.253 e. The maximum atomic E-state index is 12.3. The molecule has 5 heteroatoms. The van der Waals surface area contributed by atoms with E-state index in [1.54, 1.807) is 0 Å². The van der Waals surface area contributed by atoms with E-state index in [2.05, 4.69) is 19.2 Å². The second-order valence-corrected chi connectivity index (χ2v) is 5.67. The average Bonchev–Trinajstić information content (AvgIpc) is 2.49. The molecule has 1 atom stereocenters. The number of carbonyl (C=O) groups excluding carboxylic acids is 1. The van der Waals surface area contributed by atoms with Crippen LogP contribution in [0.15, 0.2) is 18.2 Å². The van der Waals surface area contributed by atoms with Gasteiger partial charge in [-0.25, -0.2) is 0 Å². The van der Waals surface area contributed by atoms with Gasteiger partial charge in [0.15, 0.2) is 0 Å². The zero-order valence-electron chi connectivity index (χ0n) is 12.7. The van der Waals surface area contributed by atoms with Gasteiger partial charge in [-0.3, -0.25) is 4.79 Å². The number of carbonyl (C=O) groups is 1. The molecule has 21 heavy (non-hydrogen) atoms. The van der Waals surface area contributed by atoms with Gasteiger partial charge in [0.1, 0.15) is 5.75 Å². The summed E-state index contributed by atoms with van der Waals surface area (Å²) in [6.45, 7) is 4.88. The minimum absolute atomic E-state index is 0.0396. The van der Waals surface area contributed by atoms with Crippen LogP contribution < -0.4 is 11.1 Å². The molecule has 1 aliphatic heterocycles. The third-order valence-electron chi connectivity index (χ3n) is 4.40. The number of phenolic OH excluding ortho intramolecular Hbond substituents is 1. The van der Waals surface area contributed by atoms with Crippen LogP contribution in [0.2, 0.25) is 0 Å². The summed E-state index contributed by atoms with van der Waals surface area (Å²) in [6.07, 6.45) is 3.48. The number of amides is 1. The first kappa shape index (κ1) is 15.6. The van der Waals surface area contributed by atoms with Crippen molar-refractivity contribution in [1.82, 2.24) is 5.32 Å². The van der Waals surface area contributed by atoms with E-state index in [9.17, 15) is 9.90 Å². The van der Waals surface area contributed by atoms with Crippen LogP contribution in [-0.2, 0) is 4.74 Å². The standard InChI is InChI=1S/C16H24N2O3/c1-3-16(4-2)10-11(7-8-21-16)18-15(20)13-9-12(19)5-6-14(13)17/h5-6,9,11,19H,3-4,7-8,10,17H2,1-2H3,(H,18,20). The fraction of sp³-hybridized carbons (Fsp3) is 0.562. The molecule has 116 valence electrons. The predicted molar refractivity (Wildman–Crippen MR) is 82.3 cm³/mol. The highest BCUT2D eigenvalue weighted by Gasteiger charge is 2.35. The fourth-order valence-corrected chi connectivity index (χ4v) is 2.90. The number of anilines is 1. The van der Waals surface area contributed by atoms with Crippen molar-refractivity contribution < 1.29 is 14.6 Å². The van der Waals surface area contributed by atoms with Crippen molar-refractivity contribution in [2.24, 2.45) is 0 Å². The van der Waals surface area contributed by atoms with Gasteiger partial charge >= 0.3 is 0 Å². The maximum absolute atomic E-state index is 12.3. The topological polar surface area (TPSA) is 84.6 Å². The van der Waals surface area contributed by atoms with Gasteiger partial charge in [-0.05, 0) is 43.9 Å². The summed E-state index contributed by atoms with van der Waals surface area (Å²) in [5.74, 6) is -0.200. The van der Waals surface area contributed by atoms with Crippen molar-refractivity contribution in [2.75, 3.05) is 12.3 Å². The van der Waals surface area contributed by atoms with Crippen molar-refractivity contribution in [3.63, 3.8) is 0 Å². The Kier molecular flexibility index (Phi) is 4.73. The molecule has 0 radical (unpaired) electrons. The smallest absolute Gasteiger partial charge is 0.253 e. The van der Waals surface area contributed by atoms with Crippen molar-refractivity contribution in [3.8, 4) is 5.75 Å². The molecular formula is C16H24N2O3. The van der Waals surface area contributed by atoms with E-state index in [-0.39, 0.29) is 23.3 Å². The Labute approximate surface area is 125 Å². The van der Waals surface area contributed by atoms with E-state index in [0.29, 0.717) is 17.9 Å². The number of nitrogen functional groups attached to an aromatic ring is 1. The lowest BCUT2D eigenvalue weighted by atomic mass is 9.86. The average molecular weight is 292 g/mol. The van der Waals surface area contributed by atoms with Crippen molar-refractivity contribution >= 4 is 11.6 Å². The number of hydrogen-bond acceptors (Lipinski definition) is 4.